The number of benzene rings is 1. The molecule has 0 spiro atoms. The summed E-state index contributed by atoms with van der Waals surface area (Å²) in [5.74, 6) is 0.803. The second kappa shape index (κ2) is 5.69. The minimum atomic E-state index is 0.208. The first-order valence-electron chi connectivity index (χ1n) is 6.05. The fourth-order valence-electron chi connectivity index (χ4n) is 2.01. The maximum absolute atomic E-state index is 8.88. The molecular formula is C14H18N2O2. The van der Waals surface area contributed by atoms with Gasteiger partial charge in [0.1, 0.15) is 11.4 Å². The topological polar surface area (TPSA) is 47.3 Å². The number of methoxy groups -OCH3 is 1. The van der Waals surface area contributed by atoms with Crippen molar-refractivity contribution in [2.24, 2.45) is 0 Å². The van der Waals surface area contributed by atoms with Crippen LogP contribution < -0.4 is 4.74 Å². The van der Waals surface area contributed by atoms with Crippen molar-refractivity contribution in [3.63, 3.8) is 0 Å². The summed E-state index contributed by atoms with van der Waals surface area (Å²) < 4.78 is 7.22. The molecule has 2 rings (SSSR count). The Morgan fingerprint density at radius 3 is 2.83 bits per heavy atom. The van der Waals surface area contributed by atoms with Crippen LogP contribution in [0.25, 0.3) is 5.69 Å². The van der Waals surface area contributed by atoms with E-state index in [1.807, 2.05) is 42.1 Å². The molecule has 0 unspecified atom stereocenters. The van der Waals surface area contributed by atoms with Crippen molar-refractivity contribution in [3.05, 3.63) is 41.7 Å². The van der Waals surface area contributed by atoms with E-state index in [1.54, 1.807) is 7.11 Å². The van der Waals surface area contributed by atoms with Gasteiger partial charge in [0, 0.05) is 12.3 Å². The summed E-state index contributed by atoms with van der Waals surface area (Å²) >= 11 is 0. The van der Waals surface area contributed by atoms with Crippen LogP contribution in [0, 0.1) is 6.92 Å². The van der Waals surface area contributed by atoms with Gasteiger partial charge in [-0.05, 0) is 37.5 Å². The molecule has 4 heteroatoms. The lowest BCUT2D eigenvalue weighted by Gasteiger charge is -2.10. The van der Waals surface area contributed by atoms with Gasteiger partial charge < -0.3 is 9.84 Å². The predicted molar refractivity (Wildman–Crippen MR) is 70.3 cm³/mol. The Hall–Kier alpha value is -1.81. The maximum Gasteiger partial charge on any atom is 0.144 e. The molecule has 2 aromatic rings. The first-order valence-corrected chi connectivity index (χ1v) is 6.05. The zero-order valence-electron chi connectivity index (χ0n) is 10.8. The highest BCUT2D eigenvalue weighted by atomic mass is 16.5. The zero-order valence-corrected chi connectivity index (χ0v) is 10.8. The van der Waals surface area contributed by atoms with Crippen molar-refractivity contribution < 1.29 is 9.84 Å². The molecule has 1 heterocycles. The summed E-state index contributed by atoms with van der Waals surface area (Å²) in [6.07, 6.45) is 3.47. The monoisotopic (exact) mass is 246 g/mol. The molecular weight excluding hydrogens is 228 g/mol. The summed E-state index contributed by atoms with van der Waals surface area (Å²) in [6, 6.07) is 7.80. The van der Waals surface area contributed by atoms with E-state index in [9.17, 15) is 0 Å². The maximum atomic E-state index is 8.88. The lowest BCUT2D eigenvalue weighted by Crippen LogP contribution is -2.02. The van der Waals surface area contributed by atoms with E-state index in [0.717, 1.165) is 35.5 Å². The van der Waals surface area contributed by atoms with Gasteiger partial charge in [-0.25, -0.2) is 4.68 Å². The van der Waals surface area contributed by atoms with Crippen LogP contribution in [0.5, 0.6) is 5.75 Å². The van der Waals surface area contributed by atoms with Gasteiger partial charge in [0.2, 0.25) is 0 Å². The molecule has 0 saturated heterocycles. The van der Waals surface area contributed by atoms with Crippen molar-refractivity contribution in [1.29, 1.82) is 0 Å². The van der Waals surface area contributed by atoms with Gasteiger partial charge in [0.05, 0.1) is 13.3 Å². The van der Waals surface area contributed by atoms with Crippen molar-refractivity contribution >= 4 is 0 Å². The highest BCUT2D eigenvalue weighted by molar-refractivity contribution is 5.47. The van der Waals surface area contributed by atoms with Gasteiger partial charge in [-0.3, -0.25) is 0 Å². The molecule has 0 fully saturated rings. The molecule has 0 saturated carbocycles. The van der Waals surface area contributed by atoms with Crippen LogP contribution >= 0.6 is 0 Å². The van der Waals surface area contributed by atoms with Gasteiger partial charge in [0.25, 0.3) is 0 Å². The van der Waals surface area contributed by atoms with Gasteiger partial charge in [-0.2, -0.15) is 5.10 Å². The van der Waals surface area contributed by atoms with Gasteiger partial charge >= 0.3 is 0 Å². The number of hydrogen-bond acceptors (Lipinski definition) is 3. The fourth-order valence-corrected chi connectivity index (χ4v) is 2.01. The molecule has 0 bridgehead atoms. The van der Waals surface area contributed by atoms with Crippen LogP contribution in [0.3, 0.4) is 0 Å². The molecule has 0 aliphatic carbocycles. The second-order valence-electron chi connectivity index (χ2n) is 4.17. The first-order chi connectivity index (χ1) is 8.77. The van der Waals surface area contributed by atoms with E-state index in [1.165, 1.54) is 0 Å². The van der Waals surface area contributed by atoms with Crippen molar-refractivity contribution in [2.75, 3.05) is 13.7 Å². The highest BCUT2D eigenvalue weighted by Crippen LogP contribution is 2.24. The van der Waals surface area contributed by atoms with Crippen molar-refractivity contribution in [2.45, 2.75) is 19.8 Å². The van der Waals surface area contributed by atoms with Crippen LogP contribution in [0.4, 0.5) is 0 Å². The van der Waals surface area contributed by atoms with Crippen molar-refractivity contribution in [1.82, 2.24) is 9.78 Å². The number of ether oxygens (including phenoxy) is 1. The molecule has 0 atom stereocenters. The van der Waals surface area contributed by atoms with E-state index in [-0.39, 0.29) is 6.61 Å². The van der Waals surface area contributed by atoms with Gasteiger partial charge in [-0.1, -0.05) is 12.1 Å². The molecule has 1 aromatic carbocycles. The highest BCUT2D eigenvalue weighted by Gasteiger charge is 2.11. The molecule has 0 radical (unpaired) electrons. The summed E-state index contributed by atoms with van der Waals surface area (Å²) in [5.41, 5.74) is 3.19. The van der Waals surface area contributed by atoms with Crippen molar-refractivity contribution in [3.8, 4) is 11.4 Å². The predicted octanol–water partition coefficient (Wildman–Crippen LogP) is 2.11. The van der Waals surface area contributed by atoms with Crippen LogP contribution in [0.1, 0.15) is 17.7 Å². The third-order valence-electron chi connectivity index (χ3n) is 3.03. The third kappa shape index (κ3) is 2.38. The quantitative estimate of drug-likeness (QED) is 0.879. The smallest absolute Gasteiger partial charge is 0.144 e. The Balaban J connectivity index is 2.36. The minimum absolute atomic E-state index is 0.208. The number of aromatic nitrogens is 2. The van der Waals surface area contributed by atoms with E-state index < -0.39 is 0 Å². The molecule has 1 aromatic heterocycles. The Morgan fingerprint density at radius 2 is 2.11 bits per heavy atom. The molecule has 0 amide bonds. The first kappa shape index (κ1) is 12.6. The van der Waals surface area contributed by atoms with Crippen LogP contribution in [0.2, 0.25) is 0 Å². The normalized spacial score (nSPS) is 10.6. The number of para-hydroxylation sites is 2. The molecule has 0 aliphatic heterocycles. The molecule has 18 heavy (non-hydrogen) atoms. The number of hydrogen-bond donors (Lipinski definition) is 1. The standard InChI is InChI=1S/C14H18N2O2/c1-11-12(6-5-9-17)10-15-16(11)13-7-3-4-8-14(13)18-2/h3-4,7-8,10,17H,5-6,9H2,1-2H3. The summed E-state index contributed by atoms with van der Waals surface area (Å²) in [5, 5.41) is 13.3. The van der Waals surface area contributed by atoms with Crippen LogP contribution in [-0.2, 0) is 6.42 Å². The molecule has 96 valence electrons. The summed E-state index contributed by atoms with van der Waals surface area (Å²) in [6.45, 7) is 2.24. The second-order valence-corrected chi connectivity index (χ2v) is 4.17. The molecule has 4 nitrogen and oxygen atoms in total. The fraction of sp³-hybridized carbons (Fsp3) is 0.357. The van der Waals surface area contributed by atoms with E-state index in [0.29, 0.717) is 0 Å². The van der Waals surface area contributed by atoms with E-state index in [4.69, 9.17) is 9.84 Å². The van der Waals surface area contributed by atoms with Crippen LogP contribution in [0.15, 0.2) is 30.5 Å². The minimum Gasteiger partial charge on any atom is -0.494 e. The zero-order chi connectivity index (χ0) is 13.0. The SMILES string of the molecule is COc1ccccc1-n1ncc(CCCO)c1C. The van der Waals surface area contributed by atoms with Crippen LogP contribution in [-0.4, -0.2) is 28.6 Å². The largest absolute Gasteiger partial charge is 0.494 e. The lowest BCUT2D eigenvalue weighted by molar-refractivity contribution is 0.288. The number of aliphatic hydroxyl groups excluding tert-OH is 1. The number of nitrogens with zero attached hydrogens (tertiary/aromatic N) is 2. The van der Waals surface area contributed by atoms with Gasteiger partial charge in [-0.15, -0.1) is 0 Å². The third-order valence-corrected chi connectivity index (χ3v) is 3.03. The Labute approximate surface area is 107 Å². The average Bonchev–Trinajstić information content (AvgIpc) is 2.77. The van der Waals surface area contributed by atoms with E-state index >= 15 is 0 Å². The average molecular weight is 246 g/mol. The molecule has 0 aliphatic rings. The Morgan fingerprint density at radius 1 is 1.33 bits per heavy atom. The summed E-state index contributed by atoms with van der Waals surface area (Å²) in [4.78, 5) is 0. The summed E-state index contributed by atoms with van der Waals surface area (Å²) in [7, 11) is 1.66. The van der Waals surface area contributed by atoms with Gasteiger partial charge in [0.15, 0.2) is 0 Å². The Kier molecular flexibility index (Phi) is 3.99. The number of aryl methyl sites for hydroxylation is 1. The number of rotatable bonds is 5. The Bertz CT molecular complexity index is 520. The molecule has 1 N–H and O–H groups in total. The number of aliphatic hydroxyl groups is 1. The lowest BCUT2D eigenvalue weighted by atomic mass is 10.1. The van der Waals surface area contributed by atoms with E-state index in [2.05, 4.69) is 5.10 Å².